The number of nitrogens with one attached hydrogen (secondary N) is 1. The number of alkyl halides is 3. The quantitative estimate of drug-likeness (QED) is 0.233. The lowest BCUT2D eigenvalue weighted by molar-refractivity contribution is -0.153. The predicted molar refractivity (Wildman–Crippen MR) is 143 cm³/mol. The van der Waals surface area contributed by atoms with Crippen LogP contribution in [-0.2, 0) is 12.8 Å². The third-order valence-corrected chi connectivity index (χ3v) is 5.70. The highest BCUT2D eigenvalue weighted by Crippen LogP contribution is 2.33. The summed E-state index contributed by atoms with van der Waals surface area (Å²) >= 11 is 0. The number of carbonyl (C=O) groups is 1. The van der Waals surface area contributed by atoms with E-state index >= 15 is 0 Å². The van der Waals surface area contributed by atoms with Gasteiger partial charge in [0, 0.05) is 32.3 Å². The summed E-state index contributed by atoms with van der Waals surface area (Å²) < 4.78 is 47.8. The third kappa shape index (κ3) is 8.70. The van der Waals surface area contributed by atoms with Crippen molar-refractivity contribution in [3.05, 3.63) is 53.1 Å². The molecule has 1 amide bonds. The van der Waals surface area contributed by atoms with Gasteiger partial charge >= 0.3 is 6.18 Å². The number of amides is 1. The molecule has 0 spiro atoms. The van der Waals surface area contributed by atoms with E-state index in [4.69, 9.17) is 20.3 Å². The highest BCUT2D eigenvalue weighted by atomic mass is 127. The van der Waals surface area contributed by atoms with Crippen molar-refractivity contribution in [2.24, 2.45) is 5.73 Å². The molecule has 4 N–H and O–H groups in total. The molecule has 0 radical (unpaired) electrons. The lowest BCUT2D eigenvalue weighted by Crippen LogP contribution is -2.32. The lowest BCUT2D eigenvalue weighted by Gasteiger charge is -2.22. The number of aliphatic hydroxyl groups excluding tert-OH is 1. The normalized spacial score (nSPS) is 13.6. The molecule has 0 aromatic heterocycles. The van der Waals surface area contributed by atoms with Crippen LogP contribution in [0.25, 0.3) is 0 Å². The Morgan fingerprint density at radius 1 is 1.22 bits per heavy atom. The SMILES string of the molecule is C[C@H](Cc1cc2c(c(C(N)=O)c1)N(CCCO)CC2)NCCOc1ccccc1OCC(F)(F)F.I. The van der Waals surface area contributed by atoms with Gasteiger partial charge in [-0.2, -0.15) is 13.2 Å². The average Bonchev–Trinajstić information content (AvgIpc) is 3.21. The van der Waals surface area contributed by atoms with Gasteiger partial charge in [-0.25, -0.2) is 0 Å². The van der Waals surface area contributed by atoms with E-state index < -0.39 is 18.7 Å². The van der Waals surface area contributed by atoms with Crippen LogP contribution in [-0.4, -0.2) is 62.7 Å². The highest BCUT2D eigenvalue weighted by molar-refractivity contribution is 14.0. The molecule has 1 atom stereocenters. The van der Waals surface area contributed by atoms with Crippen molar-refractivity contribution in [3.8, 4) is 11.5 Å². The molecule has 0 saturated heterocycles. The van der Waals surface area contributed by atoms with Crippen LogP contribution < -0.4 is 25.4 Å². The van der Waals surface area contributed by atoms with Crippen molar-refractivity contribution in [1.29, 1.82) is 0 Å². The van der Waals surface area contributed by atoms with Crippen LogP contribution in [0.3, 0.4) is 0 Å². The molecule has 1 aliphatic rings. The zero-order valence-electron chi connectivity index (χ0n) is 20.1. The molecule has 0 saturated carbocycles. The van der Waals surface area contributed by atoms with Crippen LogP contribution in [0, 0.1) is 0 Å². The maximum atomic E-state index is 12.4. The fraction of sp³-hybridized carbons (Fsp3) is 0.480. The van der Waals surface area contributed by atoms with Gasteiger partial charge in [-0.1, -0.05) is 18.2 Å². The van der Waals surface area contributed by atoms with Gasteiger partial charge in [0.2, 0.25) is 0 Å². The molecule has 11 heteroatoms. The molecular formula is C25H33F3IN3O4. The Balaban J connectivity index is 0.00000456. The molecule has 3 rings (SSSR count). The first-order chi connectivity index (χ1) is 16.7. The van der Waals surface area contributed by atoms with Crippen molar-refractivity contribution in [1.82, 2.24) is 5.32 Å². The Kier molecular flexibility index (Phi) is 11.6. The number of hydrogen-bond acceptors (Lipinski definition) is 6. The summed E-state index contributed by atoms with van der Waals surface area (Å²) in [5.74, 6) is -0.177. The average molecular weight is 623 g/mol. The summed E-state index contributed by atoms with van der Waals surface area (Å²) in [6, 6.07) is 10.2. The fourth-order valence-electron chi connectivity index (χ4n) is 4.22. The van der Waals surface area contributed by atoms with Gasteiger partial charge < -0.3 is 30.5 Å². The maximum Gasteiger partial charge on any atom is 0.422 e. The van der Waals surface area contributed by atoms with Crippen LogP contribution >= 0.6 is 24.0 Å². The number of rotatable bonds is 13. The lowest BCUT2D eigenvalue weighted by atomic mass is 9.98. The van der Waals surface area contributed by atoms with Gasteiger partial charge in [0.1, 0.15) is 6.61 Å². The van der Waals surface area contributed by atoms with Crippen LogP contribution in [0.15, 0.2) is 36.4 Å². The number of para-hydroxylation sites is 2. The summed E-state index contributed by atoms with van der Waals surface area (Å²) in [5.41, 5.74) is 9.12. The summed E-state index contributed by atoms with van der Waals surface area (Å²) in [6.45, 7) is 2.89. The van der Waals surface area contributed by atoms with Gasteiger partial charge in [-0.15, -0.1) is 24.0 Å². The zero-order chi connectivity index (χ0) is 25.4. The van der Waals surface area contributed by atoms with Crippen molar-refractivity contribution < 1.29 is 32.5 Å². The number of aliphatic hydroxyl groups is 1. The first-order valence-electron chi connectivity index (χ1n) is 11.6. The van der Waals surface area contributed by atoms with E-state index in [1.807, 2.05) is 13.0 Å². The summed E-state index contributed by atoms with van der Waals surface area (Å²) in [5, 5.41) is 12.5. The van der Waals surface area contributed by atoms with Crippen LogP contribution in [0.5, 0.6) is 11.5 Å². The topological polar surface area (TPSA) is 97.1 Å². The molecule has 0 fully saturated rings. The van der Waals surface area contributed by atoms with Crippen molar-refractivity contribution in [2.75, 3.05) is 44.4 Å². The number of anilines is 1. The number of halogens is 4. The third-order valence-electron chi connectivity index (χ3n) is 5.70. The minimum atomic E-state index is -4.42. The monoisotopic (exact) mass is 623 g/mol. The van der Waals surface area contributed by atoms with Crippen LogP contribution in [0.1, 0.15) is 34.8 Å². The van der Waals surface area contributed by atoms with E-state index in [0.717, 1.165) is 29.8 Å². The van der Waals surface area contributed by atoms with Gasteiger partial charge in [0.15, 0.2) is 18.1 Å². The second-order valence-corrected chi connectivity index (χ2v) is 8.59. The number of benzene rings is 2. The number of nitrogens with zero attached hydrogens (tertiary/aromatic N) is 1. The van der Waals surface area contributed by atoms with Crippen molar-refractivity contribution in [3.63, 3.8) is 0 Å². The Morgan fingerprint density at radius 2 is 1.92 bits per heavy atom. The first kappa shape index (κ1) is 30.0. The molecular weight excluding hydrogens is 590 g/mol. The van der Waals surface area contributed by atoms with E-state index in [1.165, 1.54) is 6.07 Å². The number of carbonyl (C=O) groups excluding carboxylic acids is 1. The Hall–Kier alpha value is -2.25. The number of hydrogen-bond donors (Lipinski definition) is 3. The number of fused-ring (bicyclic) bond motifs is 1. The van der Waals surface area contributed by atoms with E-state index in [-0.39, 0.29) is 54.7 Å². The molecule has 0 aliphatic carbocycles. The molecule has 200 valence electrons. The predicted octanol–water partition coefficient (Wildman–Crippen LogP) is 3.69. The number of ether oxygens (including phenoxy) is 2. The summed E-state index contributed by atoms with van der Waals surface area (Å²) in [4.78, 5) is 14.2. The van der Waals surface area contributed by atoms with Gasteiger partial charge in [-0.05, 0) is 55.5 Å². The van der Waals surface area contributed by atoms with Crippen LogP contribution in [0.2, 0.25) is 0 Å². The van der Waals surface area contributed by atoms with Crippen molar-refractivity contribution in [2.45, 2.75) is 38.4 Å². The highest BCUT2D eigenvalue weighted by Gasteiger charge is 2.29. The largest absolute Gasteiger partial charge is 0.488 e. The number of primary amides is 1. The molecule has 0 bridgehead atoms. The molecule has 1 aliphatic heterocycles. The first-order valence-corrected chi connectivity index (χ1v) is 11.6. The number of nitrogens with two attached hydrogens (primary N) is 1. The molecule has 1 heterocycles. The Labute approximate surface area is 226 Å². The van der Waals surface area contributed by atoms with Crippen molar-refractivity contribution >= 4 is 35.6 Å². The van der Waals surface area contributed by atoms with E-state index in [1.54, 1.807) is 18.2 Å². The van der Waals surface area contributed by atoms with E-state index in [9.17, 15) is 18.0 Å². The second kappa shape index (κ2) is 13.9. The summed E-state index contributed by atoms with van der Waals surface area (Å²) in [6.07, 6.45) is -2.31. The van der Waals surface area contributed by atoms with E-state index in [0.29, 0.717) is 31.5 Å². The molecule has 36 heavy (non-hydrogen) atoms. The summed E-state index contributed by atoms with van der Waals surface area (Å²) in [7, 11) is 0. The smallest absolute Gasteiger partial charge is 0.422 e. The standard InChI is InChI=1S/C25H32F3N3O4.HI/c1-17(30-8-12-34-21-5-2-3-6-22(21)35-16-25(26,27)28)13-18-14-19-7-10-31(9-4-11-32)23(19)20(15-18)24(29)33;/h2-3,5-6,14-15,17,30,32H,4,7-13,16H2,1H3,(H2,29,33);1H/t17-;/m1./s1. The zero-order valence-corrected chi connectivity index (χ0v) is 22.5. The Morgan fingerprint density at radius 3 is 2.56 bits per heavy atom. The second-order valence-electron chi connectivity index (χ2n) is 8.59. The fourth-order valence-corrected chi connectivity index (χ4v) is 4.22. The minimum Gasteiger partial charge on any atom is -0.488 e. The molecule has 7 nitrogen and oxygen atoms in total. The van der Waals surface area contributed by atoms with Crippen LogP contribution in [0.4, 0.5) is 18.9 Å². The van der Waals surface area contributed by atoms with E-state index in [2.05, 4.69) is 16.3 Å². The molecule has 0 unspecified atom stereocenters. The van der Waals surface area contributed by atoms with Gasteiger partial charge in [-0.3, -0.25) is 4.79 Å². The molecule has 2 aromatic rings. The Bertz CT molecular complexity index is 1010. The van der Waals surface area contributed by atoms with Gasteiger partial charge in [0.05, 0.1) is 11.3 Å². The molecule has 2 aromatic carbocycles. The maximum absolute atomic E-state index is 12.4. The minimum absolute atomic E-state index is 0. The van der Waals surface area contributed by atoms with Gasteiger partial charge in [0.25, 0.3) is 5.91 Å².